The normalized spacial score (nSPS) is 9.43. The van der Waals surface area contributed by atoms with Gasteiger partial charge in [0.25, 0.3) is 0 Å². The summed E-state index contributed by atoms with van der Waals surface area (Å²) in [6.07, 6.45) is 5.25. The van der Waals surface area contributed by atoms with Crippen LogP contribution in [0.5, 0.6) is 0 Å². The van der Waals surface area contributed by atoms with Crippen molar-refractivity contribution in [2.24, 2.45) is 0 Å². The Bertz CT molecular complexity index is 486. The average Bonchev–Trinajstić information content (AvgIpc) is 2.49. The number of hydrogen-bond acceptors (Lipinski definition) is 1. The Morgan fingerprint density at radius 1 is 1.50 bits per heavy atom. The van der Waals surface area contributed by atoms with Crippen molar-refractivity contribution in [3.63, 3.8) is 0 Å². The van der Waals surface area contributed by atoms with Gasteiger partial charge in [-0.2, -0.15) is 4.57 Å². The molecule has 0 unspecified atom stereocenters. The second kappa shape index (κ2) is 4.79. The third-order valence-corrected chi connectivity index (χ3v) is 2.98. The standard InChI is InChI=1S/C10H7ClNS.BrH/c1-2-5-12-7-13-10-6-8(11)3-4-9(10)12;/h1,3-4,6-7H,5H2;1H/q+1;/p-1. The molecule has 0 aliphatic rings. The third kappa shape index (κ3) is 2.09. The van der Waals surface area contributed by atoms with Gasteiger partial charge in [0, 0.05) is 11.1 Å². The first-order chi connectivity index (χ1) is 6.31. The molecule has 72 valence electrons. The predicted molar refractivity (Wildman–Crippen MR) is 55.9 cm³/mol. The van der Waals surface area contributed by atoms with E-state index in [1.54, 1.807) is 11.3 Å². The summed E-state index contributed by atoms with van der Waals surface area (Å²) in [4.78, 5) is 0. The first-order valence-corrected chi connectivity index (χ1v) is 5.06. The highest BCUT2D eigenvalue weighted by Crippen LogP contribution is 2.20. The molecule has 1 aromatic heterocycles. The molecule has 2 aromatic rings. The number of rotatable bonds is 1. The average molecular weight is 289 g/mol. The van der Waals surface area contributed by atoms with Crippen LogP contribution < -0.4 is 21.5 Å². The zero-order valence-electron chi connectivity index (χ0n) is 7.21. The van der Waals surface area contributed by atoms with E-state index in [0.29, 0.717) is 6.54 Å². The van der Waals surface area contributed by atoms with Gasteiger partial charge in [-0.1, -0.05) is 22.9 Å². The number of terminal acetylenes is 1. The highest BCUT2D eigenvalue weighted by Gasteiger charge is 2.09. The third-order valence-electron chi connectivity index (χ3n) is 1.80. The van der Waals surface area contributed by atoms with E-state index in [-0.39, 0.29) is 17.0 Å². The van der Waals surface area contributed by atoms with Crippen LogP contribution in [0, 0.1) is 12.3 Å². The molecule has 0 saturated carbocycles. The SMILES string of the molecule is C#CC[n+]1csc2cc(Cl)ccc21.[Br-]. The van der Waals surface area contributed by atoms with Crippen molar-refractivity contribution in [3.05, 3.63) is 28.7 Å². The topological polar surface area (TPSA) is 3.88 Å². The van der Waals surface area contributed by atoms with Crippen LogP contribution in [0.15, 0.2) is 23.7 Å². The first-order valence-electron chi connectivity index (χ1n) is 3.81. The summed E-state index contributed by atoms with van der Waals surface area (Å²) in [5, 5.41) is 0.766. The Hall–Kier alpha value is -0.560. The molecule has 14 heavy (non-hydrogen) atoms. The fourth-order valence-electron chi connectivity index (χ4n) is 1.22. The zero-order valence-corrected chi connectivity index (χ0v) is 10.4. The van der Waals surface area contributed by atoms with Crippen LogP contribution in [-0.2, 0) is 6.54 Å². The molecule has 4 heteroatoms. The van der Waals surface area contributed by atoms with Crippen LogP contribution in [0.4, 0.5) is 0 Å². The smallest absolute Gasteiger partial charge is 0.226 e. The van der Waals surface area contributed by atoms with E-state index in [4.69, 9.17) is 18.0 Å². The molecule has 0 radical (unpaired) electrons. The van der Waals surface area contributed by atoms with E-state index in [1.807, 2.05) is 28.3 Å². The molecule has 0 saturated heterocycles. The summed E-state index contributed by atoms with van der Waals surface area (Å²) >= 11 is 7.51. The zero-order chi connectivity index (χ0) is 9.26. The molecule has 1 aromatic carbocycles. The summed E-state index contributed by atoms with van der Waals surface area (Å²) in [5.41, 5.74) is 3.16. The van der Waals surface area contributed by atoms with Gasteiger partial charge in [0.05, 0.1) is 0 Å². The van der Waals surface area contributed by atoms with E-state index < -0.39 is 0 Å². The number of hydrogen-bond donors (Lipinski definition) is 0. The monoisotopic (exact) mass is 287 g/mol. The maximum absolute atomic E-state index is 5.86. The highest BCUT2D eigenvalue weighted by molar-refractivity contribution is 7.16. The van der Waals surface area contributed by atoms with E-state index in [0.717, 1.165) is 10.5 Å². The van der Waals surface area contributed by atoms with Gasteiger partial charge in [-0.25, -0.2) is 0 Å². The molecule has 0 N–H and O–H groups in total. The maximum Gasteiger partial charge on any atom is 0.226 e. The molecule has 2 rings (SSSR count). The fourth-order valence-corrected chi connectivity index (χ4v) is 2.38. The molecular formula is C10H7BrClNS. The lowest BCUT2D eigenvalue weighted by molar-refractivity contribution is -0.654. The molecule has 0 bridgehead atoms. The molecule has 0 fully saturated rings. The summed E-state index contributed by atoms with van der Waals surface area (Å²) in [6, 6.07) is 5.82. The predicted octanol–water partition coefficient (Wildman–Crippen LogP) is -0.521. The second-order valence-electron chi connectivity index (χ2n) is 2.67. The number of aromatic nitrogens is 1. The molecular weight excluding hydrogens is 282 g/mol. The van der Waals surface area contributed by atoms with Gasteiger partial charge >= 0.3 is 0 Å². The second-order valence-corrected chi connectivity index (χ2v) is 3.99. The Balaban J connectivity index is 0.000000980. The van der Waals surface area contributed by atoms with E-state index in [9.17, 15) is 0 Å². The summed E-state index contributed by atoms with van der Waals surface area (Å²) in [6.45, 7) is 0.613. The van der Waals surface area contributed by atoms with Gasteiger partial charge in [0.2, 0.25) is 17.6 Å². The van der Waals surface area contributed by atoms with Crippen molar-refractivity contribution in [1.82, 2.24) is 0 Å². The van der Waals surface area contributed by atoms with Crippen LogP contribution in [0.2, 0.25) is 5.02 Å². The van der Waals surface area contributed by atoms with Crippen LogP contribution in [0.1, 0.15) is 0 Å². The van der Waals surface area contributed by atoms with E-state index >= 15 is 0 Å². The lowest BCUT2D eigenvalue weighted by Gasteiger charge is -1.88. The number of thiazole rings is 1. The minimum Gasteiger partial charge on any atom is -1.00 e. The Kier molecular flexibility index (Phi) is 3.94. The fraction of sp³-hybridized carbons (Fsp3) is 0.100. The number of halogens is 2. The van der Waals surface area contributed by atoms with Crippen molar-refractivity contribution in [1.29, 1.82) is 0 Å². The molecule has 0 atom stereocenters. The lowest BCUT2D eigenvalue weighted by Crippen LogP contribution is -3.00. The first kappa shape index (κ1) is 11.5. The Labute approximate surface area is 102 Å². The molecule has 1 nitrogen and oxygen atoms in total. The Morgan fingerprint density at radius 3 is 3.00 bits per heavy atom. The van der Waals surface area contributed by atoms with Crippen LogP contribution in [-0.4, -0.2) is 0 Å². The maximum atomic E-state index is 5.86. The number of nitrogens with zero attached hydrogens (tertiary/aromatic N) is 1. The van der Waals surface area contributed by atoms with Crippen molar-refractivity contribution in [2.45, 2.75) is 6.54 Å². The quantitative estimate of drug-likeness (QED) is 0.491. The van der Waals surface area contributed by atoms with Crippen LogP contribution in [0.3, 0.4) is 0 Å². The molecule has 0 spiro atoms. The van der Waals surface area contributed by atoms with Gasteiger partial charge in [0.1, 0.15) is 4.70 Å². The Morgan fingerprint density at radius 2 is 2.29 bits per heavy atom. The van der Waals surface area contributed by atoms with Crippen molar-refractivity contribution in [2.75, 3.05) is 0 Å². The van der Waals surface area contributed by atoms with E-state index in [2.05, 4.69) is 5.92 Å². The molecule has 1 heterocycles. The largest absolute Gasteiger partial charge is 1.00 e. The minimum absolute atomic E-state index is 0. The van der Waals surface area contributed by atoms with Gasteiger partial charge in [-0.3, -0.25) is 0 Å². The van der Waals surface area contributed by atoms with Gasteiger partial charge < -0.3 is 17.0 Å². The van der Waals surface area contributed by atoms with Gasteiger partial charge in [-0.05, 0) is 18.1 Å². The summed E-state index contributed by atoms with van der Waals surface area (Å²) in [5.74, 6) is 2.61. The van der Waals surface area contributed by atoms with Gasteiger partial charge in [-0.15, -0.1) is 6.42 Å². The number of benzene rings is 1. The lowest BCUT2D eigenvalue weighted by atomic mass is 10.3. The highest BCUT2D eigenvalue weighted by atomic mass is 79.9. The van der Waals surface area contributed by atoms with Crippen LogP contribution in [0.25, 0.3) is 10.2 Å². The minimum atomic E-state index is 0. The van der Waals surface area contributed by atoms with Gasteiger partial charge in [0.15, 0.2) is 0 Å². The molecule has 0 amide bonds. The summed E-state index contributed by atoms with van der Waals surface area (Å²) < 4.78 is 3.21. The summed E-state index contributed by atoms with van der Waals surface area (Å²) in [7, 11) is 0. The molecule has 0 aliphatic heterocycles. The van der Waals surface area contributed by atoms with Crippen LogP contribution >= 0.6 is 22.9 Å². The van der Waals surface area contributed by atoms with Crippen molar-refractivity contribution >= 4 is 33.2 Å². The number of fused-ring (bicyclic) bond motifs is 1. The molecule has 0 aliphatic carbocycles. The van der Waals surface area contributed by atoms with Crippen molar-refractivity contribution < 1.29 is 21.5 Å². The van der Waals surface area contributed by atoms with E-state index in [1.165, 1.54) is 4.70 Å². The van der Waals surface area contributed by atoms with Crippen molar-refractivity contribution in [3.8, 4) is 12.3 Å².